The fraction of sp³-hybridized carbons (Fsp3) is 0.211. The molecule has 0 aliphatic carbocycles. The fourth-order valence-corrected chi connectivity index (χ4v) is 2.29. The van der Waals surface area contributed by atoms with E-state index in [-0.39, 0.29) is 30.0 Å². The van der Waals surface area contributed by atoms with Gasteiger partial charge < -0.3 is 10.1 Å². The zero-order chi connectivity index (χ0) is 19.8. The lowest BCUT2D eigenvalue weighted by Crippen LogP contribution is -2.21. The molecule has 0 bridgehead atoms. The third kappa shape index (κ3) is 6.03. The molecule has 0 unspecified atom stereocenters. The van der Waals surface area contributed by atoms with Gasteiger partial charge in [0.1, 0.15) is 5.69 Å². The van der Waals surface area contributed by atoms with Gasteiger partial charge in [-0.25, -0.2) is 0 Å². The lowest BCUT2D eigenvalue weighted by Gasteiger charge is -2.07. The Kier molecular flexibility index (Phi) is 6.76. The van der Waals surface area contributed by atoms with Gasteiger partial charge in [-0.2, -0.15) is 0 Å². The summed E-state index contributed by atoms with van der Waals surface area (Å²) in [5, 5.41) is 13.4. The number of benzene rings is 2. The zero-order valence-electron chi connectivity index (χ0n) is 14.6. The predicted molar refractivity (Wildman–Crippen MR) is 97.4 cm³/mol. The highest BCUT2D eigenvalue weighted by Crippen LogP contribution is 2.25. The van der Waals surface area contributed by atoms with Crippen LogP contribution in [0.15, 0.2) is 48.5 Å². The molecule has 0 aliphatic heterocycles. The van der Waals surface area contributed by atoms with E-state index in [9.17, 15) is 24.5 Å². The molecule has 0 fully saturated rings. The first kappa shape index (κ1) is 19.8. The summed E-state index contributed by atoms with van der Waals surface area (Å²) in [5.41, 5.74) is 0.943. The number of nitrogens with one attached hydrogen (secondary N) is 1. The number of hydrogen-bond donors (Lipinski definition) is 1. The molecule has 27 heavy (non-hydrogen) atoms. The second-order valence-electron chi connectivity index (χ2n) is 5.78. The quantitative estimate of drug-likeness (QED) is 0.330. The van der Waals surface area contributed by atoms with Gasteiger partial charge in [-0.15, -0.1) is 0 Å². The molecule has 0 heterocycles. The average molecular weight is 370 g/mol. The summed E-state index contributed by atoms with van der Waals surface area (Å²) in [4.78, 5) is 45.9. The molecule has 0 spiro atoms. The molecule has 1 N–H and O–H groups in total. The minimum atomic E-state index is -0.704. The van der Waals surface area contributed by atoms with Crippen molar-refractivity contribution in [3.8, 4) is 0 Å². The Morgan fingerprint density at radius 1 is 1.07 bits per heavy atom. The first-order chi connectivity index (χ1) is 12.9. The van der Waals surface area contributed by atoms with E-state index in [1.54, 1.807) is 43.3 Å². The van der Waals surface area contributed by atoms with Crippen LogP contribution in [0, 0.1) is 17.0 Å². The second kappa shape index (κ2) is 9.23. The van der Waals surface area contributed by atoms with Crippen LogP contribution in [0.25, 0.3) is 0 Å². The molecule has 2 aromatic carbocycles. The van der Waals surface area contributed by atoms with E-state index in [0.29, 0.717) is 11.1 Å². The molecule has 0 aromatic heterocycles. The molecular weight excluding hydrogens is 352 g/mol. The Morgan fingerprint density at radius 3 is 2.44 bits per heavy atom. The standard InChI is InChI=1S/C19H18N2O6/c1-13-7-8-15(16(11-13)21(25)26)20-18(23)12-27-19(24)10-9-17(22)14-5-3-2-4-6-14/h2-8,11H,9-10,12H2,1H3,(H,20,23). The van der Waals surface area contributed by atoms with Gasteiger partial charge in [-0.1, -0.05) is 36.4 Å². The molecule has 1 amide bonds. The maximum absolute atomic E-state index is 11.9. The summed E-state index contributed by atoms with van der Waals surface area (Å²) in [7, 11) is 0. The lowest BCUT2D eigenvalue weighted by atomic mass is 10.1. The van der Waals surface area contributed by atoms with Crippen molar-refractivity contribution in [1.82, 2.24) is 0 Å². The Morgan fingerprint density at radius 2 is 1.78 bits per heavy atom. The topological polar surface area (TPSA) is 116 Å². The number of carbonyl (C=O) groups excluding carboxylic acids is 3. The van der Waals surface area contributed by atoms with E-state index in [4.69, 9.17) is 4.74 Å². The van der Waals surface area contributed by atoms with Crippen LogP contribution in [-0.4, -0.2) is 29.2 Å². The van der Waals surface area contributed by atoms with Gasteiger partial charge >= 0.3 is 5.97 Å². The average Bonchev–Trinajstić information content (AvgIpc) is 2.66. The van der Waals surface area contributed by atoms with Crippen molar-refractivity contribution in [3.63, 3.8) is 0 Å². The van der Waals surface area contributed by atoms with Crippen molar-refractivity contribution in [2.45, 2.75) is 19.8 Å². The third-order valence-corrected chi connectivity index (χ3v) is 3.64. The maximum atomic E-state index is 11.9. The monoisotopic (exact) mass is 370 g/mol. The molecule has 0 radical (unpaired) electrons. The molecular formula is C19H18N2O6. The fourth-order valence-electron chi connectivity index (χ4n) is 2.29. The van der Waals surface area contributed by atoms with Gasteiger partial charge in [0.25, 0.3) is 11.6 Å². The van der Waals surface area contributed by atoms with Crippen LogP contribution in [0.2, 0.25) is 0 Å². The summed E-state index contributed by atoms with van der Waals surface area (Å²) >= 11 is 0. The number of ketones is 1. The van der Waals surface area contributed by atoms with Gasteiger partial charge in [0.05, 0.1) is 11.3 Å². The van der Waals surface area contributed by atoms with Gasteiger partial charge in [0.15, 0.2) is 12.4 Å². The molecule has 0 saturated heterocycles. The summed E-state index contributed by atoms with van der Waals surface area (Å²) in [6, 6.07) is 12.9. The van der Waals surface area contributed by atoms with Crippen LogP contribution >= 0.6 is 0 Å². The van der Waals surface area contributed by atoms with Crippen LogP contribution in [-0.2, 0) is 14.3 Å². The highest BCUT2D eigenvalue weighted by molar-refractivity contribution is 5.98. The summed E-state index contributed by atoms with van der Waals surface area (Å²) in [6.45, 7) is 1.10. The van der Waals surface area contributed by atoms with Crippen LogP contribution in [0.1, 0.15) is 28.8 Å². The number of nitrogens with zero attached hydrogens (tertiary/aromatic N) is 1. The molecule has 8 nitrogen and oxygen atoms in total. The van der Waals surface area contributed by atoms with Gasteiger partial charge in [-0.3, -0.25) is 24.5 Å². The number of Topliss-reactive ketones (excluding diaryl/α,β-unsaturated/α-hetero) is 1. The smallest absolute Gasteiger partial charge is 0.306 e. The number of ether oxygens (including phenoxy) is 1. The lowest BCUT2D eigenvalue weighted by molar-refractivity contribution is -0.384. The molecule has 0 atom stereocenters. The Balaban J connectivity index is 1.81. The summed E-state index contributed by atoms with van der Waals surface area (Å²) < 4.78 is 4.81. The van der Waals surface area contributed by atoms with E-state index in [2.05, 4.69) is 5.32 Å². The number of nitro benzene ring substituents is 1. The Hall–Kier alpha value is -3.55. The third-order valence-electron chi connectivity index (χ3n) is 3.64. The largest absolute Gasteiger partial charge is 0.456 e. The number of esters is 1. The van der Waals surface area contributed by atoms with Crippen LogP contribution in [0.4, 0.5) is 11.4 Å². The Labute approximate surface area is 155 Å². The van der Waals surface area contributed by atoms with Gasteiger partial charge in [0.2, 0.25) is 0 Å². The normalized spacial score (nSPS) is 10.1. The number of hydrogen-bond acceptors (Lipinski definition) is 6. The van der Waals surface area contributed by atoms with Crippen molar-refractivity contribution in [2.75, 3.05) is 11.9 Å². The van der Waals surface area contributed by atoms with E-state index < -0.39 is 23.4 Å². The number of anilines is 1. The van der Waals surface area contributed by atoms with Crippen LogP contribution in [0.5, 0.6) is 0 Å². The van der Waals surface area contributed by atoms with Crippen molar-refractivity contribution in [1.29, 1.82) is 0 Å². The number of aryl methyl sites for hydroxylation is 1. The number of carbonyl (C=O) groups is 3. The number of amides is 1. The van der Waals surface area contributed by atoms with Crippen molar-refractivity contribution in [2.24, 2.45) is 0 Å². The van der Waals surface area contributed by atoms with E-state index >= 15 is 0 Å². The molecule has 140 valence electrons. The number of nitro groups is 1. The Bertz CT molecular complexity index is 864. The van der Waals surface area contributed by atoms with Gasteiger partial charge in [0, 0.05) is 18.1 Å². The highest BCUT2D eigenvalue weighted by Gasteiger charge is 2.17. The van der Waals surface area contributed by atoms with Crippen LogP contribution < -0.4 is 5.32 Å². The molecule has 2 aromatic rings. The summed E-state index contributed by atoms with van der Waals surface area (Å²) in [5.74, 6) is -1.61. The van der Waals surface area contributed by atoms with E-state index in [1.807, 2.05) is 0 Å². The molecule has 2 rings (SSSR count). The van der Waals surface area contributed by atoms with E-state index in [0.717, 1.165) is 0 Å². The second-order valence-corrected chi connectivity index (χ2v) is 5.78. The minimum absolute atomic E-state index is 0.0194. The predicted octanol–water partition coefficient (Wildman–Crippen LogP) is 3.05. The van der Waals surface area contributed by atoms with E-state index in [1.165, 1.54) is 12.1 Å². The first-order valence-electron chi connectivity index (χ1n) is 8.15. The maximum Gasteiger partial charge on any atom is 0.306 e. The summed E-state index contributed by atoms with van der Waals surface area (Å²) in [6.07, 6.45) is -0.195. The SMILES string of the molecule is Cc1ccc(NC(=O)COC(=O)CCC(=O)c2ccccc2)c([N+](=O)[O-])c1. The van der Waals surface area contributed by atoms with Crippen molar-refractivity contribution in [3.05, 3.63) is 69.8 Å². The molecule has 0 aliphatic rings. The highest BCUT2D eigenvalue weighted by atomic mass is 16.6. The number of rotatable bonds is 8. The minimum Gasteiger partial charge on any atom is -0.456 e. The molecule has 8 heteroatoms. The van der Waals surface area contributed by atoms with Crippen LogP contribution in [0.3, 0.4) is 0 Å². The van der Waals surface area contributed by atoms with Crippen molar-refractivity contribution < 1.29 is 24.0 Å². The van der Waals surface area contributed by atoms with Gasteiger partial charge in [-0.05, 0) is 18.6 Å². The first-order valence-corrected chi connectivity index (χ1v) is 8.15. The molecule has 0 saturated carbocycles. The van der Waals surface area contributed by atoms with Crippen molar-refractivity contribution >= 4 is 29.0 Å². The zero-order valence-corrected chi connectivity index (χ0v) is 14.6.